The van der Waals surface area contributed by atoms with Gasteiger partial charge in [-0.1, -0.05) is 12.1 Å². The second kappa shape index (κ2) is 6.02. The van der Waals surface area contributed by atoms with Gasteiger partial charge in [0, 0.05) is 0 Å². The summed E-state index contributed by atoms with van der Waals surface area (Å²) in [6, 6.07) is 12.2. The number of hydrogen-bond donors (Lipinski definition) is 0. The Labute approximate surface area is 119 Å². The molecule has 3 heteroatoms. The Hall–Kier alpha value is -1.61. The topological polar surface area (TPSA) is 18.5 Å². The van der Waals surface area contributed by atoms with Gasteiger partial charge in [-0.2, -0.15) is 0 Å². The van der Waals surface area contributed by atoms with E-state index in [4.69, 9.17) is 8.37 Å². The van der Waals surface area contributed by atoms with Crippen LogP contribution in [0.15, 0.2) is 36.4 Å². The van der Waals surface area contributed by atoms with E-state index < -0.39 is 0 Å². The standard InChI is InChI=1S/C16H18O2S/c1-11-5-12(2)8-15(7-11)17-19-18-16-9-13(3)6-14(4)10-16/h5-10H,1-4H3. The number of aryl methyl sites for hydroxylation is 4. The predicted molar refractivity (Wildman–Crippen MR) is 80.7 cm³/mol. The van der Waals surface area contributed by atoms with Crippen molar-refractivity contribution in [1.82, 2.24) is 0 Å². The molecule has 0 saturated heterocycles. The molecule has 2 nitrogen and oxygen atoms in total. The van der Waals surface area contributed by atoms with E-state index in [1.807, 2.05) is 24.3 Å². The van der Waals surface area contributed by atoms with Crippen LogP contribution in [-0.4, -0.2) is 0 Å². The monoisotopic (exact) mass is 274 g/mol. The average molecular weight is 274 g/mol. The lowest BCUT2D eigenvalue weighted by atomic mass is 10.1. The van der Waals surface area contributed by atoms with Gasteiger partial charge < -0.3 is 8.37 Å². The van der Waals surface area contributed by atoms with Crippen LogP contribution in [0.25, 0.3) is 0 Å². The summed E-state index contributed by atoms with van der Waals surface area (Å²) in [5.74, 6) is 1.62. The molecule has 0 saturated carbocycles. The number of hydrogen-bond acceptors (Lipinski definition) is 3. The summed E-state index contributed by atoms with van der Waals surface area (Å²) in [5, 5.41) is 0. The zero-order valence-electron chi connectivity index (χ0n) is 11.7. The molecule has 100 valence electrons. The van der Waals surface area contributed by atoms with Gasteiger partial charge in [0.25, 0.3) is 12.3 Å². The normalized spacial score (nSPS) is 10.3. The van der Waals surface area contributed by atoms with Crippen molar-refractivity contribution in [3.05, 3.63) is 58.7 Å². The Morgan fingerprint density at radius 2 is 0.895 bits per heavy atom. The molecule has 0 aliphatic heterocycles. The highest BCUT2D eigenvalue weighted by Gasteiger charge is 2.01. The van der Waals surface area contributed by atoms with Gasteiger partial charge in [0.15, 0.2) is 0 Å². The minimum atomic E-state index is 0.812. The molecule has 0 amide bonds. The zero-order valence-corrected chi connectivity index (χ0v) is 12.5. The van der Waals surface area contributed by atoms with Gasteiger partial charge in [-0.25, -0.2) is 0 Å². The van der Waals surface area contributed by atoms with E-state index >= 15 is 0 Å². The second-order valence-electron chi connectivity index (χ2n) is 4.88. The van der Waals surface area contributed by atoms with Gasteiger partial charge in [0.05, 0.1) is 0 Å². The number of benzene rings is 2. The fraction of sp³-hybridized carbons (Fsp3) is 0.250. The van der Waals surface area contributed by atoms with E-state index in [-0.39, 0.29) is 0 Å². The molecule has 2 aromatic rings. The largest absolute Gasteiger partial charge is 0.391 e. The summed E-state index contributed by atoms with van der Waals surface area (Å²) >= 11 is 0.994. The maximum Gasteiger partial charge on any atom is 0.293 e. The molecule has 0 unspecified atom stereocenters. The minimum absolute atomic E-state index is 0.812. The van der Waals surface area contributed by atoms with Crippen molar-refractivity contribution in [2.75, 3.05) is 0 Å². The van der Waals surface area contributed by atoms with E-state index in [0.29, 0.717) is 0 Å². The highest BCUT2D eigenvalue weighted by atomic mass is 32.2. The SMILES string of the molecule is Cc1cc(C)cc(OSOc2cc(C)cc(C)c2)c1. The molecule has 2 aromatic carbocycles. The molecule has 0 spiro atoms. The van der Waals surface area contributed by atoms with Crippen molar-refractivity contribution in [1.29, 1.82) is 0 Å². The van der Waals surface area contributed by atoms with Crippen LogP contribution in [0.1, 0.15) is 22.3 Å². The van der Waals surface area contributed by atoms with Crippen LogP contribution in [0, 0.1) is 27.7 Å². The molecule has 19 heavy (non-hydrogen) atoms. The molecule has 0 aliphatic rings. The molecule has 0 N–H and O–H groups in total. The molecule has 0 bridgehead atoms. The summed E-state index contributed by atoms with van der Waals surface area (Å²) in [4.78, 5) is 0. The zero-order chi connectivity index (χ0) is 13.8. The van der Waals surface area contributed by atoms with Crippen LogP contribution in [-0.2, 0) is 0 Å². The van der Waals surface area contributed by atoms with Crippen LogP contribution in [0.3, 0.4) is 0 Å². The predicted octanol–water partition coefficient (Wildman–Crippen LogP) is 4.94. The molecular formula is C16H18O2S. The number of rotatable bonds is 4. The summed E-state index contributed by atoms with van der Waals surface area (Å²) in [7, 11) is 0. The Kier molecular flexibility index (Phi) is 4.38. The van der Waals surface area contributed by atoms with Crippen LogP contribution < -0.4 is 8.37 Å². The van der Waals surface area contributed by atoms with Crippen LogP contribution >= 0.6 is 12.3 Å². The molecule has 0 aromatic heterocycles. The lowest BCUT2D eigenvalue weighted by molar-refractivity contribution is 0.539. The van der Waals surface area contributed by atoms with Crippen molar-refractivity contribution >= 4 is 12.3 Å². The summed E-state index contributed by atoms with van der Waals surface area (Å²) < 4.78 is 11.1. The Bertz CT molecular complexity index is 487. The van der Waals surface area contributed by atoms with Gasteiger partial charge >= 0.3 is 0 Å². The summed E-state index contributed by atoms with van der Waals surface area (Å²) in [6.07, 6.45) is 0. The van der Waals surface area contributed by atoms with Gasteiger partial charge in [0.1, 0.15) is 11.5 Å². The van der Waals surface area contributed by atoms with Crippen LogP contribution in [0.4, 0.5) is 0 Å². The van der Waals surface area contributed by atoms with Crippen molar-refractivity contribution < 1.29 is 8.37 Å². The third-order valence-electron chi connectivity index (χ3n) is 2.65. The lowest BCUT2D eigenvalue weighted by Crippen LogP contribution is -1.90. The van der Waals surface area contributed by atoms with E-state index in [1.54, 1.807) is 0 Å². The molecule has 2 rings (SSSR count). The maximum absolute atomic E-state index is 5.55. The second-order valence-corrected chi connectivity index (χ2v) is 5.35. The van der Waals surface area contributed by atoms with Crippen molar-refractivity contribution in [3.63, 3.8) is 0 Å². The highest BCUT2D eigenvalue weighted by molar-refractivity contribution is 7.90. The fourth-order valence-electron chi connectivity index (χ4n) is 2.06. The maximum atomic E-state index is 5.55. The van der Waals surface area contributed by atoms with Gasteiger partial charge in [-0.3, -0.25) is 0 Å². The van der Waals surface area contributed by atoms with E-state index in [9.17, 15) is 0 Å². The van der Waals surface area contributed by atoms with Crippen LogP contribution in [0.2, 0.25) is 0 Å². The average Bonchev–Trinajstić information content (AvgIpc) is 2.26. The lowest BCUT2D eigenvalue weighted by Gasteiger charge is -2.07. The Morgan fingerprint density at radius 1 is 0.579 bits per heavy atom. The fourth-order valence-corrected chi connectivity index (χ4v) is 2.44. The van der Waals surface area contributed by atoms with E-state index in [2.05, 4.69) is 39.8 Å². The Morgan fingerprint density at radius 3 is 1.21 bits per heavy atom. The summed E-state index contributed by atoms with van der Waals surface area (Å²) in [5.41, 5.74) is 4.73. The smallest absolute Gasteiger partial charge is 0.293 e. The van der Waals surface area contributed by atoms with E-state index in [1.165, 1.54) is 22.3 Å². The van der Waals surface area contributed by atoms with Gasteiger partial charge in [0.2, 0.25) is 0 Å². The first-order valence-electron chi connectivity index (χ1n) is 6.21. The molecule has 0 atom stereocenters. The first kappa shape index (κ1) is 13.8. The van der Waals surface area contributed by atoms with Crippen molar-refractivity contribution in [2.45, 2.75) is 27.7 Å². The minimum Gasteiger partial charge on any atom is -0.391 e. The van der Waals surface area contributed by atoms with Crippen molar-refractivity contribution in [3.8, 4) is 11.5 Å². The molecule has 0 aliphatic carbocycles. The van der Waals surface area contributed by atoms with E-state index in [0.717, 1.165) is 23.8 Å². The molecule has 0 radical (unpaired) electrons. The molecule has 0 fully saturated rings. The molecule has 0 heterocycles. The van der Waals surface area contributed by atoms with Gasteiger partial charge in [-0.05, 0) is 74.2 Å². The third-order valence-corrected chi connectivity index (χ3v) is 3.17. The highest BCUT2D eigenvalue weighted by Crippen LogP contribution is 2.24. The summed E-state index contributed by atoms with van der Waals surface area (Å²) in [6.45, 7) is 8.20. The first-order valence-corrected chi connectivity index (χ1v) is 6.87. The molecular weight excluding hydrogens is 256 g/mol. The van der Waals surface area contributed by atoms with Crippen LogP contribution in [0.5, 0.6) is 11.5 Å². The quantitative estimate of drug-likeness (QED) is 0.736. The van der Waals surface area contributed by atoms with Gasteiger partial charge in [-0.15, -0.1) is 0 Å². The Balaban J connectivity index is 1.96. The third kappa shape index (κ3) is 4.21. The first-order chi connectivity index (χ1) is 9.02. The van der Waals surface area contributed by atoms with Crippen molar-refractivity contribution in [2.24, 2.45) is 0 Å².